The van der Waals surface area contributed by atoms with Gasteiger partial charge < -0.3 is 15.5 Å². The van der Waals surface area contributed by atoms with E-state index in [1.807, 2.05) is 6.08 Å². The van der Waals surface area contributed by atoms with E-state index in [0.717, 1.165) is 25.7 Å². The van der Waals surface area contributed by atoms with Gasteiger partial charge in [0.2, 0.25) is 5.91 Å². The van der Waals surface area contributed by atoms with Crippen LogP contribution in [0.2, 0.25) is 0 Å². The normalized spacial score (nSPS) is 13.1. The minimum atomic E-state index is -0.838. The maximum Gasteiger partial charge on any atom is 0.220 e. The SMILES string of the molecule is CCCCCCCCCCC/C=C\CCCCCCCCCC(=O)NC(CO)C(O)/C=C/CCCCCCCCCCCCCCCCC. The Balaban J connectivity index is 3.56. The summed E-state index contributed by atoms with van der Waals surface area (Å²) < 4.78 is 0. The molecule has 0 heterocycles. The summed E-state index contributed by atoms with van der Waals surface area (Å²) in [5.41, 5.74) is 0. The van der Waals surface area contributed by atoms with Gasteiger partial charge in [-0.2, -0.15) is 0 Å². The molecule has 290 valence electrons. The lowest BCUT2D eigenvalue weighted by molar-refractivity contribution is -0.123. The Morgan fingerprint density at radius 2 is 0.776 bits per heavy atom. The monoisotopic (exact) mass is 690 g/mol. The van der Waals surface area contributed by atoms with Crippen LogP contribution in [0, 0.1) is 0 Å². The summed E-state index contributed by atoms with van der Waals surface area (Å²) in [6.45, 7) is 4.32. The summed E-state index contributed by atoms with van der Waals surface area (Å²) in [5, 5.41) is 23.0. The van der Waals surface area contributed by atoms with Crippen molar-refractivity contribution in [3.63, 3.8) is 0 Å². The minimum absolute atomic E-state index is 0.0666. The van der Waals surface area contributed by atoms with Crippen LogP contribution in [0.5, 0.6) is 0 Å². The molecule has 2 unspecified atom stereocenters. The number of hydrogen-bond acceptors (Lipinski definition) is 3. The smallest absolute Gasteiger partial charge is 0.220 e. The highest BCUT2D eigenvalue weighted by molar-refractivity contribution is 5.76. The van der Waals surface area contributed by atoms with E-state index in [1.165, 1.54) is 193 Å². The zero-order valence-corrected chi connectivity index (χ0v) is 33.2. The molecule has 3 N–H and O–H groups in total. The lowest BCUT2D eigenvalue weighted by Crippen LogP contribution is -2.45. The third-order valence-electron chi connectivity index (χ3n) is 10.2. The Labute approximate surface area is 307 Å². The van der Waals surface area contributed by atoms with E-state index in [1.54, 1.807) is 6.08 Å². The second-order valence-corrected chi connectivity index (χ2v) is 15.1. The zero-order chi connectivity index (χ0) is 35.7. The molecule has 0 aromatic carbocycles. The van der Waals surface area contributed by atoms with Crippen molar-refractivity contribution in [2.24, 2.45) is 0 Å². The number of carbonyl (C=O) groups is 1. The molecule has 0 rings (SSSR count). The third-order valence-corrected chi connectivity index (χ3v) is 10.2. The topological polar surface area (TPSA) is 69.6 Å². The maximum atomic E-state index is 12.4. The molecule has 0 aliphatic heterocycles. The molecule has 4 nitrogen and oxygen atoms in total. The second-order valence-electron chi connectivity index (χ2n) is 15.1. The first-order chi connectivity index (χ1) is 24.2. The highest BCUT2D eigenvalue weighted by Gasteiger charge is 2.17. The molecule has 49 heavy (non-hydrogen) atoms. The first-order valence-corrected chi connectivity index (χ1v) is 22.1. The van der Waals surface area contributed by atoms with Crippen molar-refractivity contribution in [2.45, 2.75) is 251 Å². The maximum absolute atomic E-state index is 12.4. The highest BCUT2D eigenvalue weighted by Crippen LogP contribution is 2.15. The quantitative estimate of drug-likeness (QED) is 0.0443. The van der Waals surface area contributed by atoms with Gasteiger partial charge in [-0.3, -0.25) is 4.79 Å². The summed E-state index contributed by atoms with van der Waals surface area (Å²) in [7, 11) is 0. The number of carbonyl (C=O) groups excluding carboxylic acids is 1. The molecule has 0 fully saturated rings. The molecule has 0 saturated carbocycles. The van der Waals surface area contributed by atoms with Gasteiger partial charge in [-0.1, -0.05) is 212 Å². The van der Waals surface area contributed by atoms with Crippen molar-refractivity contribution in [1.29, 1.82) is 0 Å². The number of rotatable bonds is 40. The van der Waals surface area contributed by atoms with E-state index in [9.17, 15) is 15.0 Å². The number of aliphatic hydroxyl groups excluding tert-OH is 2. The Morgan fingerprint density at radius 3 is 1.12 bits per heavy atom. The van der Waals surface area contributed by atoms with Crippen LogP contribution in [0.1, 0.15) is 239 Å². The van der Waals surface area contributed by atoms with Gasteiger partial charge in [-0.15, -0.1) is 0 Å². The van der Waals surface area contributed by atoms with Crippen LogP contribution in [-0.4, -0.2) is 34.9 Å². The lowest BCUT2D eigenvalue weighted by Gasteiger charge is -2.20. The average Bonchev–Trinajstić information content (AvgIpc) is 3.10. The van der Waals surface area contributed by atoms with Crippen LogP contribution in [-0.2, 0) is 4.79 Å². The Morgan fingerprint density at radius 1 is 0.469 bits per heavy atom. The lowest BCUT2D eigenvalue weighted by atomic mass is 10.0. The largest absolute Gasteiger partial charge is 0.394 e. The molecule has 0 saturated heterocycles. The van der Waals surface area contributed by atoms with E-state index >= 15 is 0 Å². The second kappa shape index (κ2) is 41.3. The number of aliphatic hydroxyl groups is 2. The molecule has 2 atom stereocenters. The summed E-state index contributed by atoms with van der Waals surface area (Å²) in [6, 6.07) is -0.621. The predicted octanol–water partition coefficient (Wildman–Crippen LogP) is 13.6. The number of allylic oxidation sites excluding steroid dienone is 3. The fraction of sp³-hybridized carbons (Fsp3) is 0.889. The number of unbranched alkanes of at least 4 members (excludes halogenated alkanes) is 31. The van der Waals surface area contributed by atoms with Gasteiger partial charge in [0.1, 0.15) is 0 Å². The molecule has 0 spiro atoms. The molecule has 0 bridgehead atoms. The van der Waals surface area contributed by atoms with Crippen LogP contribution in [0.15, 0.2) is 24.3 Å². The summed E-state index contributed by atoms with van der Waals surface area (Å²) in [5.74, 6) is -0.0666. The van der Waals surface area contributed by atoms with Crippen molar-refractivity contribution >= 4 is 5.91 Å². The zero-order valence-electron chi connectivity index (χ0n) is 33.2. The predicted molar refractivity (Wildman–Crippen MR) is 216 cm³/mol. The third kappa shape index (κ3) is 37.9. The van der Waals surface area contributed by atoms with E-state index in [2.05, 4.69) is 31.3 Å². The van der Waals surface area contributed by atoms with Crippen molar-refractivity contribution < 1.29 is 15.0 Å². The Kier molecular flexibility index (Phi) is 40.3. The van der Waals surface area contributed by atoms with Crippen LogP contribution in [0.25, 0.3) is 0 Å². The molecule has 0 aliphatic carbocycles. The van der Waals surface area contributed by atoms with E-state index in [-0.39, 0.29) is 12.5 Å². The van der Waals surface area contributed by atoms with Gasteiger partial charge in [0, 0.05) is 6.42 Å². The van der Waals surface area contributed by atoms with E-state index in [4.69, 9.17) is 0 Å². The number of nitrogens with one attached hydrogen (secondary N) is 1. The summed E-state index contributed by atoms with van der Waals surface area (Å²) in [6.07, 6.45) is 52.8. The van der Waals surface area contributed by atoms with Gasteiger partial charge in [0.15, 0.2) is 0 Å². The van der Waals surface area contributed by atoms with E-state index in [0.29, 0.717) is 6.42 Å². The molecule has 0 aliphatic rings. The first-order valence-electron chi connectivity index (χ1n) is 22.1. The fourth-order valence-corrected chi connectivity index (χ4v) is 6.76. The van der Waals surface area contributed by atoms with Gasteiger partial charge in [-0.25, -0.2) is 0 Å². The van der Waals surface area contributed by atoms with Crippen molar-refractivity contribution in [1.82, 2.24) is 5.32 Å². The van der Waals surface area contributed by atoms with Crippen LogP contribution in [0.4, 0.5) is 0 Å². The molecule has 0 radical (unpaired) electrons. The van der Waals surface area contributed by atoms with Crippen molar-refractivity contribution in [3.8, 4) is 0 Å². The van der Waals surface area contributed by atoms with Crippen molar-refractivity contribution in [3.05, 3.63) is 24.3 Å². The van der Waals surface area contributed by atoms with Crippen LogP contribution in [0.3, 0.4) is 0 Å². The highest BCUT2D eigenvalue weighted by atomic mass is 16.3. The molecule has 1 amide bonds. The minimum Gasteiger partial charge on any atom is -0.394 e. The average molecular weight is 690 g/mol. The van der Waals surface area contributed by atoms with Gasteiger partial charge >= 0.3 is 0 Å². The summed E-state index contributed by atoms with van der Waals surface area (Å²) >= 11 is 0. The van der Waals surface area contributed by atoms with Gasteiger partial charge in [-0.05, 0) is 44.9 Å². The molecule has 0 aromatic rings. The Bertz CT molecular complexity index is 705. The molecule has 4 heteroatoms. The van der Waals surface area contributed by atoms with Gasteiger partial charge in [0.05, 0.1) is 18.8 Å². The first kappa shape index (κ1) is 47.9. The number of amides is 1. The van der Waals surface area contributed by atoms with Crippen LogP contribution >= 0.6 is 0 Å². The van der Waals surface area contributed by atoms with E-state index < -0.39 is 12.1 Å². The fourth-order valence-electron chi connectivity index (χ4n) is 6.76. The molecular formula is C45H87NO3. The Hall–Kier alpha value is -1.13. The van der Waals surface area contributed by atoms with Crippen molar-refractivity contribution in [2.75, 3.05) is 6.61 Å². The molecular weight excluding hydrogens is 602 g/mol. The molecule has 0 aromatic heterocycles. The number of hydrogen-bond donors (Lipinski definition) is 3. The summed E-state index contributed by atoms with van der Waals surface area (Å²) in [4.78, 5) is 12.4. The standard InChI is InChI=1S/C45H87NO3/c1-3-5-7-9-11-13-15-17-19-21-22-23-25-27-29-31-33-35-37-39-41-45(49)46-43(42-47)44(48)40-38-36-34-32-30-28-26-24-20-18-16-14-12-10-8-6-4-2/h22-23,38,40,43-44,47-48H,3-21,24-37,39,41-42H2,1-2H3,(H,46,49)/b23-22-,40-38+. The van der Waals surface area contributed by atoms with Crippen LogP contribution < -0.4 is 5.32 Å². The van der Waals surface area contributed by atoms with Gasteiger partial charge in [0.25, 0.3) is 0 Å².